The van der Waals surface area contributed by atoms with Crippen molar-refractivity contribution in [3.8, 4) is 0 Å². The molecule has 0 aliphatic carbocycles. The van der Waals surface area contributed by atoms with Crippen LogP contribution in [0.3, 0.4) is 0 Å². The number of likely N-dealkylation sites (N-methyl/N-ethyl adjacent to an activating group) is 2. The molecular formula is C18H26N4O. The number of amides is 1. The van der Waals surface area contributed by atoms with E-state index in [2.05, 4.69) is 5.10 Å². The number of benzene rings is 1. The molecule has 0 saturated carbocycles. The molecule has 0 aliphatic rings. The molecule has 0 fully saturated rings. The third-order valence-electron chi connectivity index (χ3n) is 4.26. The van der Waals surface area contributed by atoms with Gasteiger partial charge in [0, 0.05) is 31.9 Å². The molecule has 5 heteroatoms. The normalized spacial score (nSPS) is 12.5. The van der Waals surface area contributed by atoms with Crippen LogP contribution in [-0.2, 0) is 18.4 Å². The van der Waals surface area contributed by atoms with Gasteiger partial charge in [0.15, 0.2) is 0 Å². The van der Waals surface area contributed by atoms with Crippen molar-refractivity contribution in [1.82, 2.24) is 19.6 Å². The summed E-state index contributed by atoms with van der Waals surface area (Å²) < 4.78 is 1.83. The van der Waals surface area contributed by atoms with Gasteiger partial charge in [-0.15, -0.1) is 0 Å². The van der Waals surface area contributed by atoms with Gasteiger partial charge in [-0.1, -0.05) is 29.8 Å². The number of rotatable bonds is 5. The highest BCUT2D eigenvalue weighted by Gasteiger charge is 2.26. The summed E-state index contributed by atoms with van der Waals surface area (Å²) in [5.74, 6) is 0.0853. The molecule has 0 aliphatic heterocycles. The smallest absolute Gasteiger partial charge is 0.244 e. The van der Waals surface area contributed by atoms with E-state index < -0.39 is 0 Å². The SMILES string of the molecule is Cc1ccc([C@H](C(=O)N(C)Cc2cnn(C)c2C)N(C)C)cc1. The van der Waals surface area contributed by atoms with Crippen LogP contribution in [0.15, 0.2) is 30.5 Å². The first-order valence-electron chi connectivity index (χ1n) is 7.76. The Morgan fingerprint density at radius 2 is 1.78 bits per heavy atom. The first-order valence-corrected chi connectivity index (χ1v) is 7.76. The second-order valence-electron chi connectivity index (χ2n) is 6.35. The fraction of sp³-hybridized carbons (Fsp3) is 0.444. The summed E-state index contributed by atoms with van der Waals surface area (Å²) in [4.78, 5) is 16.7. The number of aromatic nitrogens is 2. The molecule has 0 radical (unpaired) electrons. The number of nitrogens with zero attached hydrogens (tertiary/aromatic N) is 4. The number of aryl methyl sites for hydroxylation is 2. The highest BCUT2D eigenvalue weighted by Crippen LogP contribution is 2.22. The third-order valence-corrected chi connectivity index (χ3v) is 4.26. The van der Waals surface area contributed by atoms with Gasteiger partial charge in [-0.2, -0.15) is 5.10 Å². The van der Waals surface area contributed by atoms with Gasteiger partial charge in [0.2, 0.25) is 5.91 Å². The van der Waals surface area contributed by atoms with E-state index in [1.807, 2.05) is 82.1 Å². The Morgan fingerprint density at radius 1 is 1.17 bits per heavy atom. The van der Waals surface area contributed by atoms with Crippen molar-refractivity contribution in [3.63, 3.8) is 0 Å². The Morgan fingerprint density at radius 3 is 2.26 bits per heavy atom. The second kappa shape index (κ2) is 6.96. The van der Waals surface area contributed by atoms with Crippen molar-refractivity contribution in [2.24, 2.45) is 7.05 Å². The summed E-state index contributed by atoms with van der Waals surface area (Å²) in [7, 11) is 7.63. The van der Waals surface area contributed by atoms with Crippen molar-refractivity contribution in [2.45, 2.75) is 26.4 Å². The number of carbonyl (C=O) groups is 1. The zero-order valence-corrected chi connectivity index (χ0v) is 14.9. The lowest BCUT2D eigenvalue weighted by Gasteiger charge is -2.28. The standard InChI is InChI=1S/C18H26N4O/c1-13-7-9-15(10-8-13)17(20(3)4)18(23)21(5)12-16-11-19-22(6)14(16)2/h7-11,17H,12H2,1-6H3/t17-/m1/s1. The van der Waals surface area contributed by atoms with E-state index in [4.69, 9.17) is 0 Å². The van der Waals surface area contributed by atoms with Crippen LogP contribution in [0.2, 0.25) is 0 Å². The highest BCUT2D eigenvalue weighted by molar-refractivity contribution is 5.83. The van der Waals surface area contributed by atoms with Crippen molar-refractivity contribution < 1.29 is 4.79 Å². The Labute approximate surface area is 138 Å². The molecule has 0 spiro atoms. The fourth-order valence-electron chi connectivity index (χ4n) is 2.65. The summed E-state index contributed by atoms with van der Waals surface area (Å²) in [6, 6.07) is 7.87. The van der Waals surface area contributed by atoms with Gasteiger partial charge in [-0.3, -0.25) is 14.4 Å². The zero-order valence-electron chi connectivity index (χ0n) is 14.9. The van der Waals surface area contributed by atoms with E-state index in [-0.39, 0.29) is 11.9 Å². The monoisotopic (exact) mass is 314 g/mol. The number of hydrogen-bond acceptors (Lipinski definition) is 3. The Hall–Kier alpha value is -2.14. The van der Waals surface area contributed by atoms with Gasteiger partial charge in [0.1, 0.15) is 6.04 Å². The van der Waals surface area contributed by atoms with E-state index in [1.54, 1.807) is 4.90 Å². The fourth-order valence-corrected chi connectivity index (χ4v) is 2.65. The highest BCUT2D eigenvalue weighted by atomic mass is 16.2. The number of carbonyl (C=O) groups excluding carboxylic acids is 1. The van der Waals surface area contributed by atoms with Crippen LogP contribution in [0.4, 0.5) is 0 Å². The van der Waals surface area contributed by atoms with Gasteiger partial charge in [0.25, 0.3) is 0 Å². The average molecular weight is 314 g/mol. The molecule has 23 heavy (non-hydrogen) atoms. The van der Waals surface area contributed by atoms with Crippen LogP contribution in [-0.4, -0.2) is 46.6 Å². The average Bonchev–Trinajstić information content (AvgIpc) is 2.81. The van der Waals surface area contributed by atoms with Gasteiger partial charge in [-0.25, -0.2) is 0 Å². The molecule has 1 aromatic heterocycles. The topological polar surface area (TPSA) is 41.4 Å². The second-order valence-corrected chi connectivity index (χ2v) is 6.35. The van der Waals surface area contributed by atoms with Crippen molar-refractivity contribution >= 4 is 5.91 Å². The minimum atomic E-state index is -0.280. The summed E-state index contributed by atoms with van der Waals surface area (Å²) in [5.41, 5.74) is 4.37. The van der Waals surface area contributed by atoms with E-state index in [0.29, 0.717) is 6.54 Å². The van der Waals surface area contributed by atoms with Crippen LogP contribution in [0.5, 0.6) is 0 Å². The molecule has 1 amide bonds. The van der Waals surface area contributed by atoms with E-state index in [0.717, 1.165) is 16.8 Å². The molecule has 2 aromatic rings. The van der Waals surface area contributed by atoms with Crippen LogP contribution in [0.25, 0.3) is 0 Å². The maximum atomic E-state index is 12.9. The summed E-state index contributed by atoms with van der Waals surface area (Å²) in [5, 5.41) is 4.24. The van der Waals surface area contributed by atoms with Crippen molar-refractivity contribution in [3.05, 3.63) is 52.8 Å². The predicted molar refractivity (Wildman–Crippen MR) is 92.0 cm³/mol. The first kappa shape index (κ1) is 17.2. The first-order chi connectivity index (χ1) is 10.8. The molecule has 0 unspecified atom stereocenters. The molecule has 1 atom stereocenters. The lowest BCUT2D eigenvalue weighted by Crippen LogP contribution is -2.38. The Balaban J connectivity index is 2.20. The molecule has 0 bridgehead atoms. The third kappa shape index (κ3) is 3.79. The number of hydrogen-bond donors (Lipinski definition) is 0. The van der Waals surface area contributed by atoms with E-state index in [9.17, 15) is 4.79 Å². The van der Waals surface area contributed by atoms with Gasteiger partial charge < -0.3 is 4.90 Å². The van der Waals surface area contributed by atoms with Gasteiger partial charge >= 0.3 is 0 Å². The van der Waals surface area contributed by atoms with Crippen LogP contribution < -0.4 is 0 Å². The quantitative estimate of drug-likeness (QED) is 0.850. The minimum absolute atomic E-state index is 0.0853. The molecule has 5 nitrogen and oxygen atoms in total. The maximum Gasteiger partial charge on any atom is 0.244 e. The summed E-state index contributed by atoms with van der Waals surface area (Å²) in [6.07, 6.45) is 1.83. The largest absolute Gasteiger partial charge is 0.340 e. The lowest BCUT2D eigenvalue weighted by atomic mass is 10.0. The molecule has 1 heterocycles. The Bertz CT molecular complexity index is 673. The predicted octanol–water partition coefficient (Wildman–Crippen LogP) is 2.30. The Kier molecular flexibility index (Phi) is 5.21. The van der Waals surface area contributed by atoms with E-state index >= 15 is 0 Å². The molecular weight excluding hydrogens is 288 g/mol. The van der Waals surface area contributed by atoms with Crippen LogP contribution >= 0.6 is 0 Å². The van der Waals surface area contributed by atoms with Crippen molar-refractivity contribution in [2.75, 3.05) is 21.1 Å². The minimum Gasteiger partial charge on any atom is -0.340 e. The molecule has 1 aromatic carbocycles. The maximum absolute atomic E-state index is 12.9. The lowest BCUT2D eigenvalue weighted by molar-refractivity contribution is -0.135. The molecule has 124 valence electrons. The summed E-state index contributed by atoms with van der Waals surface area (Å²) >= 11 is 0. The van der Waals surface area contributed by atoms with Crippen LogP contribution in [0.1, 0.15) is 28.4 Å². The molecule has 0 N–H and O–H groups in total. The molecule has 0 saturated heterocycles. The molecule has 2 rings (SSSR count). The van der Waals surface area contributed by atoms with Crippen LogP contribution in [0, 0.1) is 13.8 Å². The van der Waals surface area contributed by atoms with Gasteiger partial charge in [0.05, 0.1) is 6.20 Å². The van der Waals surface area contributed by atoms with E-state index in [1.165, 1.54) is 5.56 Å². The van der Waals surface area contributed by atoms with Gasteiger partial charge in [-0.05, 0) is 33.5 Å². The van der Waals surface area contributed by atoms with Crippen molar-refractivity contribution in [1.29, 1.82) is 0 Å². The zero-order chi connectivity index (χ0) is 17.1. The summed E-state index contributed by atoms with van der Waals surface area (Å²) in [6.45, 7) is 4.63.